The van der Waals surface area contributed by atoms with Crippen molar-refractivity contribution < 1.29 is 23.8 Å². The van der Waals surface area contributed by atoms with E-state index in [0.29, 0.717) is 24.9 Å². The number of aliphatic hydroxyl groups is 1. The summed E-state index contributed by atoms with van der Waals surface area (Å²) in [6.45, 7) is 0.568. The number of hydrogen-bond donors (Lipinski definition) is 4. The summed E-state index contributed by atoms with van der Waals surface area (Å²) in [6, 6.07) is 5.18. The lowest BCUT2D eigenvalue weighted by molar-refractivity contribution is -0.139. The Morgan fingerprint density at radius 2 is 2.15 bits per heavy atom. The zero-order valence-corrected chi connectivity index (χ0v) is 15.2. The lowest BCUT2D eigenvalue weighted by atomic mass is 9.99. The predicted molar refractivity (Wildman–Crippen MR) is 94.8 cm³/mol. The lowest BCUT2D eigenvalue weighted by Gasteiger charge is -2.36. The molecule has 3 rings (SSSR count). The van der Waals surface area contributed by atoms with Gasteiger partial charge in [-0.15, -0.1) is 0 Å². The van der Waals surface area contributed by atoms with Gasteiger partial charge in [-0.3, -0.25) is 9.59 Å². The highest BCUT2D eigenvalue weighted by Crippen LogP contribution is 2.24. The van der Waals surface area contributed by atoms with Gasteiger partial charge < -0.3 is 20.1 Å². The van der Waals surface area contributed by atoms with Gasteiger partial charge in [0, 0.05) is 25.8 Å². The number of rotatable bonds is 5. The normalized spacial score (nSPS) is 28.2. The first-order valence-corrected chi connectivity index (χ1v) is 9.00. The summed E-state index contributed by atoms with van der Waals surface area (Å²) in [7, 11) is 1.44. The summed E-state index contributed by atoms with van der Waals surface area (Å²) in [5.74, 6) is -0.765. The number of carbonyl (C=O) groups is 2. The number of nitrogens with zero attached hydrogens (tertiary/aromatic N) is 1. The minimum Gasteiger partial charge on any atom is -0.389 e. The second-order valence-electron chi connectivity index (χ2n) is 6.89. The van der Waals surface area contributed by atoms with E-state index in [1.807, 2.05) is 0 Å². The first-order chi connectivity index (χ1) is 13.0. The summed E-state index contributed by atoms with van der Waals surface area (Å²) in [4.78, 5) is 25.9. The molecule has 2 unspecified atom stereocenters. The molecule has 0 saturated carbocycles. The molecule has 27 heavy (non-hydrogen) atoms. The van der Waals surface area contributed by atoms with Crippen LogP contribution >= 0.6 is 0 Å². The van der Waals surface area contributed by atoms with Crippen molar-refractivity contribution in [2.45, 2.75) is 37.1 Å². The number of benzene rings is 1. The highest BCUT2D eigenvalue weighted by molar-refractivity contribution is 5.82. The molecule has 4 N–H and O–H groups in total. The Bertz CT molecular complexity index is 689. The van der Waals surface area contributed by atoms with Crippen molar-refractivity contribution in [1.29, 1.82) is 0 Å². The molecule has 9 heteroatoms. The minimum atomic E-state index is -0.847. The average molecular weight is 380 g/mol. The molecule has 2 heterocycles. The Morgan fingerprint density at radius 3 is 2.85 bits per heavy atom. The summed E-state index contributed by atoms with van der Waals surface area (Å²) in [6.07, 6.45) is 0.00744. The number of β-amino-alcohol motifs (C(OH)–C–C–N with tert-alkyl or cyclic N) is 1. The summed E-state index contributed by atoms with van der Waals surface area (Å²) in [5.41, 5.74) is 6.34. The van der Waals surface area contributed by atoms with Crippen molar-refractivity contribution in [2.24, 2.45) is 0 Å². The van der Waals surface area contributed by atoms with E-state index in [1.54, 1.807) is 18.2 Å². The lowest BCUT2D eigenvalue weighted by Crippen LogP contribution is -2.58. The van der Waals surface area contributed by atoms with Crippen molar-refractivity contribution in [3.63, 3.8) is 0 Å². The number of carbonyl (C=O) groups excluding carboxylic acids is 2. The van der Waals surface area contributed by atoms with Crippen LogP contribution in [0.15, 0.2) is 24.3 Å². The smallest absolute Gasteiger partial charge is 0.248 e. The second-order valence-corrected chi connectivity index (χ2v) is 6.89. The molecule has 2 amide bonds. The molecule has 1 aromatic carbocycles. The molecule has 2 saturated heterocycles. The van der Waals surface area contributed by atoms with Crippen molar-refractivity contribution >= 4 is 11.8 Å². The fourth-order valence-corrected chi connectivity index (χ4v) is 3.51. The quantitative estimate of drug-likeness (QED) is 0.547. The number of piperidine rings is 1. The highest BCUT2D eigenvalue weighted by atomic mass is 19.1. The second kappa shape index (κ2) is 8.75. The molecule has 4 atom stereocenters. The van der Waals surface area contributed by atoms with Gasteiger partial charge in [0.15, 0.2) is 0 Å². The third-order valence-corrected chi connectivity index (χ3v) is 5.03. The topological polar surface area (TPSA) is 103 Å². The van der Waals surface area contributed by atoms with Crippen LogP contribution in [0, 0.1) is 5.82 Å². The third kappa shape index (κ3) is 4.62. The number of likely N-dealkylation sites (tertiary alicyclic amines) is 1. The molecule has 2 aliphatic rings. The third-order valence-electron chi connectivity index (χ3n) is 5.03. The molecule has 0 aromatic heterocycles. The van der Waals surface area contributed by atoms with Crippen LogP contribution in [0.5, 0.6) is 0 Å². The van der Waals surface area contributed by atoms with Crippen LogP contribution in [0.2, 0.25) is 0 Å². The fraction of sp³-hybridized carbons (Fsp3) is 0.556. The maximum atomic E-state index is 13.9. The zero-order valence-electron chi connectivity index (χ0n) is 15.2. The van der Waals surface area contributed by atoms with Crippen LogP contribution in [0.4, 0.5) is 4.39 Å². The van der Waals surface area contributed by atoms with Gasteiger partial charge in [0.2, 0.25) is 11.8 Å². The van der Waals surface area contributed by atoms with Crippen molar-refractivity contribution in [1.82, 2.24) is 21.1 Å². The van der Waals surface area contributed by atoms with Gasteiger partial charge in [-0.1, -0.05) is 18.2 Å². The molecular formula is C18H25FN4O4. The van der Waals surface area contributed by atoms with Crippen molar-refractivity contribution in [3.8, 4) is 0 Å². The summed E-state index contributed by atoms with van der Waals surface area (Å²) in [5, 5.41) is 13.1. The van der Waals surface area contributed by atoms with E-state index in [1.165, 1.54) is 18.1 Å². The minimum absolute atomic E-state index is 0.0289. The van der Waals surface area contributed by atoms with E-state index >= 15 is 0 Å². The van der Waals surface area contributed by atoms with Crippen LogP contribution < -0.4 is 16.2 Å². The van der Waals surface area contributed by atoms with Gasteiger partial charge in [-0.25, -0.2) is 15.2 Å². The Hall–Kier alpha value is -2.07. The number of halogens is 1. The number of aliphatic hydroxyl groups excluding tert-OH is 1. The van der Waals surface area contributed by atoms with Crippen LogP contribution in [0.25, 0.3) is 0 Å². The van der Waals surface area contributed by atoms with E-state index in [9.17, 15) is 19.1 Å². The number of methoxy groups -OCH3 is 1. The number of amides is 2. The van der Waals surface area contributed by atoms with Crippen LogP contribution in [0.3, 0.4) is 0 Å². The molecule has 0 radical (unpaired) electrons. The van der Waals surface area contributed by atoms with Gasteiger partial charge in [-0.05, 0) is 18.9 Å². The Balaban J connectivity index is 1.51. The SMILES string of the molecule is COCC(=O)N1CC[C@@H](NC(=O)C2CC(c3ccccc3F)NN2)[C@H](O)C1. The number of hydrazine groups is 1. The van der Waals surface area contributed by atoms with Gasteiger partial charge in [0.1, 0.15) is 18.5 Å². The standard InChI is InChI=1S/C18H25FN4O4/c1-27-10-17(25)23-7-6-13(16(24)9-23)20-18(26)15-8-14(21-22-15)11-4-2-3-5-12(11)19/h2-5,13-16,21-22,24H,6-10H2,1H3,(H,20,26)/t13-,14?,15?,16-/m1/s1. The van der Waals surface area contributed by atoms with Crippen molar-refractivity contribution in [2.75, 3.05) is 26.8 Å². The van der Waals surface area contributed by atoms with Gasteiger partial charge >= 0.3 is 0 Å². The van der Waals surface area contributed by atoms with E-state index in [-0.39, 0.29) is 36.8 Å². The molecular weight excluding hydrogens is 355 g/mol. The maximum Gasteiger partial charge on any atom is 0.248 e. The number of nitrogens with one attached hydrogen (secondary N) is 3. The molecule has 0 bridgehead atoms. The largest absolute Gasteiger partial charge is 0.389 e. The fourth-order valence-electron chi connectivity index (χ4n) is 3.51. The first-order valence-electron chi connectivity index (χ1n) is 9.00. The first kappa shape index (κ1) is 19.7. The maximum absolute atomic E-state index is 13.9. The van der Waals surface area contributed by atoms with Gasteiger partial charge in [0.25, 0.3) is 0 Å². The zero-order chi connectivity index (χ0) is 19.4. The van der Waals surface area contributed by atoms with E-state index in [0.717, 1.165) is 0 Å². The van der Waals surface area contributed by atoms with Gasteiger partial charge in [-0.2, -0.15) is 0 Å². The Labute approximate surface area is 157 Å². The van der Waals surface area contributed by atoms with Crippen LogP contribution in [0.1, 0.15) is 24.4 Å². The van der Waals surface area contributed by atoms with E-state index in [4.69, 9.17) is 4.74 Å². The molecule has 2 fully saturated rings. The molecule has 148 valence electrons. The Morgan fingerprint density at radius 1 is 1.37 bits per heavy atom. The number of ether oxygens (including phenoxy) is 1. The van der Waals surface area contributed by atoms with Gasteiger partial charge in [0.05, 0.1) is 18.2 Å². The van der Waals surface area contributed by atoms with E-state index < -0.39 is 18.2 Å². The summed E-state index contributed by atoms with van der Waals surface area (Å²) >= 11 is 0. The number of hydrogen-bond acceptors (Lipinski definition) is 6. The average Bonchev–Trinajstić information content (AvgIpc) is 3.14. The highest BCUT2D eigenvalue weighted by Gasteiger charge is 2.35. The molecule has 0 aliphatic carbocycles. The van der Waals surface area contributed by atoms with E-state index in [2.05, 4.69) is 16.2 Å². The van der Waals surface area contributed by atoms with Crippen molar-refractivity contribution in [3.05, 3.63) is 35.6 Å². The molecule has 1 aromatic rings. The van der Waals surface area contributed by atoms with Crippen LogP contribution in [-0.4, -0.2) is 66.8 Å². The predicted octanol–water partition coefficient (Wildman–Crippen LogP) is -0.542. The Kier molecular flexibility index (Phi) is 6.38. The van der Waals surface area contributed by atoms with Crippen LogP contribution in [-0.2, 0) is 14.3 Å². The monoisotopic (exact) mass is 380 g/mol. The molecule has 2 aliphatic heterocycles. The summed E-state index contributed by atoms with van der Waals surface area (Å²) < 4.78 is 18.7. The molecule has 0 spiro atoms. The molecule has 8 nitrogen and oxygen atoms in total.